The van der Waals surface area contributed by atoms with E-state index in [1.165, 1.54) is 0 Å². The smallest absolute Gasteiger partial charge is 0.253 e. The van der Waals surface area contributed by atoms with Crippen LogP contribution >= 0.6 is 0 Å². The van der Waals surface area contributed by atoms with Gasteiger partial charge in [0.05, 0.1) is 0 Å². The van der Waals surface area contributed by atoms with Gasteiger partial charge < -0.3 is 9.32 Å². The molecular weight excluding hydrogens is 274 g/mol. The largest absolute Gasteiger partial charge is 0.461 e. The first-order valence-electron chi connectivity index (χ1n) is 7.50. The third-order valence-corrected chi connectivity index (χ3v) is 3.87. The van der Waals surface area contributed by atoms with Crippen LogP contribution < -0.4 is 0 Å². The summed E-state index contributed by atoms with van der Waals surface area (Å²) in [6, 6.07) is 17.3. The molecule has 0 unspecified atom stereocenters. The zero-order valence-corrected chi connectivity index (χ0v) is 12.9. The first kappa shape index (κ1) is 14.4. The van der Waals surface area contributed by atoms with Crippen LogP contribution in [0.15, 0.2) is 59.0 Å². The highest BCUT2D eigenvalue weighted by atomic mass is 16.3. The maximum Gasteiger partial charge on any atom is 0.253 e. The molecule has 1 heterocycles. The number of carbonyl (C=O) groups excluding carboxylic acids is 1. The standard InChI is InChI=1S/C19H19NO2/c1-3-17-16(15-11-7-8-12-18(15)22-17)13-20(2)19(21)14-9-5-4-6-10-14/h4-12H,3,13H2,1-2H3. The molecule has 22 heavy (non-hydrogen) atoms. The zero-order chi connectivity index (χ0) is 15.5. The summed E-state index contributed by atoms with van der Waals surface area (Å²) in [7, 11) is 1.83. The van der Waals surface area contributed by atoms with Crippen molar-refractivity contribution in [3.63, 3.8) is 0 Å². The van der Waals surface area contributed by atoms with Crippen LogP contribution in [-0.2, 0) is 13.0 Å². The molecule has 0 spiro atoms. The second-order valence-corrected chi connectivity index (χ2v) is 5.38. The quantitative estimate of drug-likeness (QED) is 0.720. The second-order valence-electron chi connectivity index (χ2n) is 5.38. The van der Waals surface area contributed by atoms with Crippen molar-refractivity contribution in [3.8, 4) is 0 Å². The number of furan rings is 1. The Morgan fingerprint density at radius 1 is 1.05 bits per heavy atom. The predicted molar refractivity (Wildman–Crippen MR) is 87.8 cm³/mol. The molecule has 2 aromatic carbocycles. The lowest BCUT2D eigenvalue weighted by atomic mass is 10.1. The van der Waals surface area contributed by atoms with Gasteiger partial charge in [-0.15, -0.1) is 0 Å². The molecule has 0 radical (unpaired) electrons. The lowest BCUT2D eigenvalue weighted by Gasteiger charge is -2.17. The van der Waals surface area contributed by atoms with E-state index < -0.39 is 0 Å². The van der Waals surface area contributed by atoms with Gasteiger partial charge in [-0.05, 0) is 18.2 Å². The number of hydrogen-bond acceptors (Lipinski definition) is 2. The lowest BCUT2D eigenvalue weighted by molar-refractivity contribution is 0.0785. The fourth-order valence-corrected chi connectivity index (χ4v) is 2.72. The number of aryl methyl sites for hydroxylation is 1. The van der Waals surface area contributed by atoms with Gasteiger partial charge in [0.25, 0.3) is 5.91 Å². The van der Waals surface area contributed by atoms with Crippen molar-refractivity contribution in [2.75, 3.05) is 7.05 Å². The average molecular weight is 293 g/mol. The number of carbonyl (C=O) groups is 1. The molecule has 0 bridgehead atoms. The van der Waals surface area contributed by atoms with E-state index in [9.17, 15) is 4.79 Å². The second kappa shape index (κ2) is 6.06. The molecule has 0 aliphatic carbocycles. The van der Waals surface area contributed by atoms with E-state index in [1.54, 1.807) is 4.90 Å². The highest BCUT2D eigenvalue weighted by Crippen LogP contribution is 2.27. The number of fused-ring (bicyclic) bond motifs is 1. The fourth-order valence-electron chi connectivity index (χ4n) is 2.72. The molecule has 0 saturated carbocycles. The third-order valence-electron chi connectivity index (χ3n) is 3.87. The van der Waals surface area contributed by atoms with E-state index in [4.69, 9.17) is 4.42 Å². The number of amides is 1. The van der Waals surface area contributed by atoms with Crippen LogP contribution in [0.3, 0.4) is 0 Å². The van der Waals surface area contributed by atoms with Crippen LogP contribution in [0, 0.1) is 0 Å². The molecule has 0 aliphatic heterocycles. The van der Waals surface area contributed by atoms with Crippen molar-refractivity contribution in [2.45, 2.75) is 19.9 Å². The molecule has 112 valence electrons. The SMILES string of the molecule is CCc1oc2ccccc2c1CN(C)C(=O)c1ccccc1. The number of rotatable bonds is 4. The van der Waals surface area contributed by atoms with Gasteiger partial charge in [0.2, 0.25) is 0 Å². The zero-order valence-electron chi connectivity index (χ0n) is 12.9. The van der Waals surface area contributed by atoms with Crippen molar-refractivity contribution in [1.82, 2.24) is 4.90 Å². The summed E-state index contributed by atoms with van der Waals surface area (Å²) < 4.78 is 5.90. The van der Waals surface area contributed by atoms with Gasteiger partial charge >= 0.3 is 0 Å². The summed E-state index contributed by atoms with van der Waals surface area (Å²) in [5.74, 6) is 0.974. The maximum absolute atomic E-state index is 12.5. The Bertz CT molecular complexity index is 790. The van der Waals surface area contributed by atoms with Gasteiger partial charge in [-0.3, -0.25) is 4.79 Å². The minimum Gasteiger partial charge on any atom is -0.461 e. The van der Waals surface area contributed by atoms with Gasteiger partial charge in [-0.2, -0.15) is 0 Å². The average Bonchev–Trinajstić information content (AvgIpc) is 2.93. The van der Waals surface area contributed by atoms with E-state index in [2.05, 4.69) is 6.92 Å². The maximum atomic E-state index is 12.5. The molecule has 3 rings (SSSR count). The summed E-state index contributed by atoms with van der Waals surface area (Å²) in [5.41, 5.74) is 2.69. The summed E-state index contributed by atoms with van der Waals surface area (Å²) >= 11 is 0. The van der Waals surface area contributed by atoms with Crippen molar-refractivity contribution in [2.24, 2.45) is 0 Å². The number of benzene rings is 2. The predicted octanol–water partition coefficient (Wildman–Crippen LogP) is 4.27. The van der Waals surface area contributed by atoms with Crippen LogP contribution in [0.4, 0.5) is 0 Å². The molecule has 1 amide bonds. The van der Waals surface area contributed by atoms with Crippen LogP contribution in [-0.4, -0.2) is 17.9 Å². The molecule has 0 atom stereocenters. The van der Waals surface area contributed by atoms with Gasteiger partial charge in [0.1, 0.15) is 11.3 Å². The molecule has 0 fully saturated rings. The molecule has 3 heteroatoms. The Balaban J connectivity index is 1.91. The topological polar surface area (TPSA) is 33.5 Å². The Hall–Kier alpha value is -2.55. The molecule has 0 aliphatic rings. The molecule has 3 nitrogen and oxygen atoms in total. The molecule has 0 N–H and O–H groups in total. The minimum atomic E-state index is 0.0212. The van der Waals surface area contributed by atoms with E-state index in [0.717, 1.165) is 28.7 Å². The lowest BCUT2D eigenvalue weighted by Crippen LogP contribution is -2.26. The van der Waals surface area contributed by atoms with Crippen LogP contribution in [0.25, 0.3) is 11.0 Å². The summed E-state index contributed by atoms with van der Waals surface area (Å²) in [4.78, 5) is 14.2. The first-order chi connectivity index (χ1) is 10.7. The summed E-state index contributed by atoms with van der Waals surface area (Å²) in [5, 5.41) is 1.09. The number of para-hydroxylation sites is 1. The van der Waals surface area contributed by atoms with Gasteiger partial charge in [-0.1, -0.05) is 43.3 Å². The fraction of sp³-hybridized carbons (Fsp3) is 0.211. The Morgan fingerprint density at radius 3 is 2.45 bits per heavy atom. The Kier molecular flexibility index (Phi) is 3.96. The monoisotopic (exact) mass is 293 g/mol. The molecular formula is C19H19NO2. The molecule has 0 saturated heterocycles. The summed E-state index contributed by atoms with van der Waals surface area (Å²) in [6.45, 7) is 2.62. The van der Waals surface area contributed by atoms with E-state index in [0.29, 0.717) is 12.1 Å². The first-order valence-corrected chi connectivity index (χ1v) is 7.50. The normalized spacial score (nSPS) is 10.8. The van der Waals surface area contributed by atoms with Crippen LogP contribution in [0.1, 0.15) is 28.6 Å². The molecule has 1 aromatic heterocycles. The minimum absolute atomic E-state index is 0.0212. The summed E-state index contributed by atoms with van der Waals surface area (Å²) in [6.07, 6.45) is 0.817. The van der Waals surface area contributed by atoms with Crippen molar-refractivity contribution in [1.29, 1.82) is 0 Å². The molecule has 3 aromatic rings. The van der Waals surface area contributed by atoms with E-state index >= 15 is 0 Å². The van der Waals surface area contributed by atoms with Crippen LogP contribution in [0.2, 0.25) is 0 Å². The highest BCUT2D eigenvalue weighted by Gasteiger charge is 2.17. The van der Waals surface area contributed by atoms with Crippen LogP contribution in [0.5, 0.6) is 0 Å². The number of nitrogens with zero attached hydrogens (tertiary/aromatic N) is 1. The van der Waals surface area contributed by atoms with Crippen molar-refractivity contribution >= 4 is 16.9 Å². The third kappa shape index (κ3) is 2.62. The highest BCUT2D eigenvalue weighted by molar-refractivity contribution is 5.94. The van der Waals surface area contributed by atoms with Crippen molar-refractivity contribution in [3.05, 3.63) is 71.5 Å². The van der Waals surface area contributed by atoms with Gasteiger partial charge in [0.15, 0.2) is 0 Å². The number of hydrogen-bond donors (Lipinski definition) is 0. The van der Waals surface area contributed by atoms with Crippen molar-refractivity contribution < 1.29 is 9.21 Å². The van der Waals surface area contributed by atoms with Gasteiger partial charge in [-0.25, -0.2) is 0 Å². The Morgan fingerprint density at radius 2 is 1.73 bits per heavy atom. The van der Waals surface area contributed by atoms with E-state index in [1.807, 2.05) is 61.6 Å². The van der Waals surface area contributed by atoms with Gasteiger partial charge in [0, 0.05) is 36.5 Å². The Labute approximate surface area is 130 Å². The van der Waals surface area contributed by atoms with E-state index in [-0.39, 0.29) is 5.91 Å².